The summed E-state index contributed by atoms with van der Waals surface area (Å²) in [4.78, 5) is 19.3. The van der Waals surface area contributed by atoms with Gasteiger partial charge in [-0.25, -0.2) is 0 Å². The maximum Gasteiger partial charge on any atom is 0.262 e. The number of rotatable bonds is 5. The van der Waals surface area contributed by atoms with Crippen molar-refractivity contribution >= 4 is 17.3 Å². The number of amides is 1. The monoisotopic (exact) mass is 359 g/mol. The predicted molar refractivity (Wildman–Crippen MR) is 106 cm³/mol. The summed E-state index contributed by atoms with van der Waals surface area (Å²) < 4.78 is 5.73. The van der Waals surface area contributed by atoms with Crippen LogP contribution < -0.4 is 15.0 Å². The molecule has 1 N–H and O–H groups in total. The number of fused-ring (bicyclic) bond motifs is 1. The number of anilines is 2. The highest BCUT2D eigenvalue weighted by Gasteiger charge is 2.39. The molecule has 27 heavy (non-hydrogen) atoms. The maximum absolute atomic E-state index is 13.1. The van der Waals surface area contributed by atoms with Gasteiger partial charge in [-0.05, 0) is 50.2 Å². The Morgan fingerprint density at radius 1 is 1.07 bits per heavy atom. The fraction of sp³-hybridized carbons (Fsp3) is 0.182. The molecule has 1 aliphatic rings. The smallest absolute Gasteiger partial charge is 0.262 e. The zero-order chi connectivity index (χ0) is 18.8. The summed E-state index contributed by atoms with van der Waals surface area (Å²) in [5.41, 5.74) is 4.13. The molecule has 1 aliphatic heterocycles. The van der Waals surface area contributed by atoms with Crippen molar-refractivity contribution in [3.63, 3.8) is 0 Å². The number of hydrogen-bond donors (Lipinski definition) is 1. The van der Waals surface area contributed by atoms with E-state index in [4.69, 9.17) is 4.74 Å². The molecule has 0 fully saturated rings. The summed E-state index contributed by atoms with van der Waals surface area (Å²) in [7, 11) is 0. The van der Waals surface area contributed by atoms with E-state index < -0.39 is 6.17 Å². The molecule has 0 saturated heterocycles. The molecule has 0 bridgehead atoms. The van der Waals surface area contributed by atoms with Crippen LogP contribution in [0.5, 0.6) is 5.75 Å². The number of carbonyl (C=O) groups is 1. The zero-order valence-electron chi connectivity index (χ0n) is 15.3. The molecule has 5 heteroatoms. The van der Waals surface area contributed by atoms with Crippen molar-refractivity contribution in [1.82, 2.24) is 4.98 Å². The summed E-state index contributed by atoms with van der Waals surface area (Å²) >= 11 is 0. The average molecular weight is 359 g/mol. The zero-order valence-corrected chi connectivity index (χ0v) is 15.3. The molecule has 0 aliphatic carbocycles. The highest BCUT2D eigenvalue weighted by atomic mass is 16.5. The van der Waals surface area contributed by atoms with Gasteiger partial charge in [-0.1, -0.05) is 29.8 Å². The van der Waals surface area contributed by atoms with E-state index in [1.807, 2.05) is 68.4 Å². The lowest BCUT2D eigenvalue weighted by atomic mass is 10.2. The van der Waals surface area contributed by atoms with Crippen molar-refractivity contribution < 1.29 is 9.53 Å². The van der Waals surface area contributed by atoms with Gasteiger partial charge in [0.15, 0.2) is 6.17 Å². The fourth-order valence-electron chi connectivity index (χ4n) is 3.30. The van der Waals surface area contributed by atoms with Crippen molar-refractivity contribution in [3.05, 3.63) is 83.7 Å². The van der Waals surface area contributed by atoms with Gasteiger partial charge in [-0.2, -0.15) is 0 Å². The molecule has 1 amide bonds. The van der Waals surface area contributed by atoms with Crippen LogP contribution in [0, 0.1) is 6.92 Å². The fourth-order valence-corrected chi connectivity index (χ4v) is 3.30. The van der Waals surface area contributed by atoms with Crippen molar-refractivity contribution in [1.29, 1.82) is 0 Å². The van der Waals surface area contributed by atoms with Crippen LogP contribution >= 0.6 is 0 Å². The molecule has 5 nitrogen and oxygen atoms in total. The largest absolute Gasteiger partial charge is 0.492 e. The summed E-state index contributed by atoms with van der Waals surface area (Å²) in [6.45, 7) is 4.55. The minimum Gasteiger partial charge on any atom is -0.492 e. The molecule has 136 valence electrons. The Kier molecular flexibility index (Phi) is 4.50. The van der Waals surface area contributed by atoms with Crippen LogP contribution in [0.2, 0.25) is 0 Å². The molecule has 0 unspecified atom stereocenters. The number of benzene rings is 2. The number of nitrogens with zero attached hydrogens (tertiary/aromatic N) is 2. The molecule has 1 aromatic heterocycles. The van der Waals surface area contributed by atoms with Gasteiger partial charge in [0.25, 0.3) is 5.91 Å². The van der Waals surface area contributed by atoms with Crippen LogP contribution in [0.25, 0.3) is 0 Å². The molecule has 0 spiro atoms. The lowest BCUT2D eigenvalue weighted by Gasteiger charge is -2.27. The lowest BCUT2D eigenvalue weighted by Crippen LogP contribution is -2.32. The number of nitrogens with one attached hydrogen (secondary N) is 1. The third kappa shape index (κ3) is 3.12. The molecular formula is C22H21N3O2. The SMILES string of the molecule is CCOc1ccccc1N[C@H]1c2ncccc2C(=O)N1c1ccc(C)cc1. The Morgan fingerprint density at radius 2 is 1.85 bits per heavy atom. The first-order chi connectivity index (χ1) is 13.2. The number of ether oxygens (including phenoxy) is 1. The number of aromatic nitrogens is 1. The first-order valence-corrected chi connectivity index (χ1v) is 9.02. The van der Waals surface area contributed by atoms with Gasteiger partial charge < -0.3 is 10.1 Å². The van der Waals surface area contributed by atoms with Gasteiger partial charge in [0.1, 0.15) is 5.75 Å². The molecule has 1 atom stereocenters. The summed E-state index contributed by atoms with van der Waals surface area (Å²) in [5, 5.41) is 3.46. The number of para-hydroxylation sites is 2. The van der Waals surface area contributed by atoms with Gasteiger partial charge in [0.2, 0.25) is 0 Å². The number of hydrogen-bond acceptors (Lipinski definition) is 4. The van der Waals surface area contributed by atoms with E-state index in [0.29, 0.717) is 12.2 Å². The molecule has 0 radical (unpaired) electrons. The van der Waals surface area contributed by atoms with E-state index in [9.17, 15) is 4.79 Å². The Morgan fingerprint density at radius 3 is 2.63 bits per heavy atom. The van der Waals surface area contributed by atoms with E-state index in [1.54, 1.807) is 17.2 Å². The minimum absolute atomic E-state index is 0.0617. The second-order valence-corrected chi connectivity index (χ2v) is 6.42. The van der Waals surface area contributed by atoms with E-state index in [0.717, 1.165) is 28.4 Å². The van der Waals surface area contributed by atoms with Crippen molar-refractivity contribution in [2.75, 3.05) is 16.8 Å². The Balaban J connectivity index is 1.77. The molecule has 3 aromatic rings. The van der Waals surface area contributed by atoms with Gasteiger partial charge >= 0.3 is 0 Å². The van der Waals surface area contributed by atoms with Crippen LogP contribution in [-0.4, -0.2) is 17.5 Å². The van der Waals surface area contributed by atoms with E-state index in [-0.39, 0.29) is 5.91 Å². The molecule has 0 saturated carbocycles. The molecule has 2 aromatic carbocycles. The number of aryl methyl sites for hydroxylation is 1. The normalized spacial score (nSPS) is 15.6. The number of pyridine rings is 1. The summed E-state index contributed by atoms with van der Waals surface area (Å²) in [6, 6.07) is 19.3. The second-order valence-electron chi connectivity index (χ2n) is 6.42. The summed E-state index contributed by atoms with van der Waals surface area (Å²) in [6.07, 6.45) is 1.31. The van der Waals surface area contributed by atoms with Gasteiger partial charge in [0, 0.05) is 11.9 Å². The van der Waals surface area contributed by atoms with Crippen molar-refractivity contribution in [2.45, 2.75) is 20.0 Å². The quantitative estimate of drug-likeness (QED) is 0.726. The van der Waals surface area contributed by atoms with Gasteiger partial charge in [0.05, 0.1) is 23.6 Å². The number of carbonyl (C=O) groups excluding carboxylic acids is 1. The standard InChI is InChI=1S/C22H21N3O2/c1-3-27-19-9-5-4-8-18(19)24-21-20-17(7-6-14-23-20)22(26)25(21)16-12-10-15(2)11-13-16/h4-14,21,24H,3H2,1-2H3/t21-/m1/s1. The van der Waals surface area contributed by atoms with Crippen LogP contribution in [0.15, 0.2) is 66.9 Å². The maximum atomic E-state index is 13.1. The summed E-state index contributed by atoms with van der Waals surface area (Å²) in [5.74, 6) is 0.689. The second kappa shape index (κ2) is 7.11. The van der Waals surface area contributed by atoms with E-state index in [1.165, 1.54) is 0 Å². The molecular weight excluding hydrogens is 338 g/mol. The average Bonchev–Trinajstić information content (AvgIpc) is 2.97. The lowest BCUT2D eigenvalue weighted by molar-refractivity contribution is 0.0993. The van der Waals surface area contributed by atoms with Gasteiger partial charge in [-0.3, -0.25) is 14.7 Å². The Bertz CT molecular complexity index is 969. The van der Waals surface area contributed by atoms with Gasteiger partial charge in [-0.15, -0.1) is 0 Å². The van der Waals surface area contributed by atoms with Crippen LogP contribution in [-0.2, 0) is 0 Å². The van der Waals surface area contributed by atoms with Crippen molar-refractivity contribution in [3.8, 4) is 5.75 Å². The first-order valence-electron chi connectivity index (χ1n) is 9.02. The highest BCUT2D eigenvalue weighted by molar-refractivity contribution is 6.11. The Hall–Kier alpha value is -3.34. The van der Waals surface area contributed by atoms with Crippen molar-refractivity contribution in [2.24, 2.45) is 0 Å². The molecule has 4 rings (SSSR count). The van der Waals surface area contributed by atoms with Crippen LogP contribution in [0.3, 0.4) is 0 Å². The third-order valence-corrected chi connectivity index (χ3v) is 4.60. The van der Waals surface area contributed by atoms with E-state index in [2.05, 4.69) is 10.3 Å². The molecule has 2 heterocycles. The van der Waals surface area contributed by atoms with Crippen LogP contribution in [0.1, 0.15) is 34.7 Å². The van der Waals surface area contributed by atoms with E-state index >= 15 is 0 Å². The highest BCUT2D eigenvalue weighted by Crippen LogP contribution is 2.38. The third-order valence-electron chi connectivity index (χ3n) is 4.60. The predicted octanol–water partition coefficient (Wildman–Crippen LogP) is 4.56. The van der Waals surface area contributed by atoms with Crippen LogP contribution in [0.4, 0.5) is 11.4 Å². The minimum atomic E-state index is -0.405. The topological polar surface area (TPSA) is 54.5 Å². The first kappa shape index (κ1) is 17.1. The Labute approximate surface area is 158 Å².